The van der Waals surface area contributed by atoms with E-state index in [2.05, 4.69) is 16.7 Å². The maximum absolute atomic E-state index is 13.0. The predicted octanol–water partition coefficient (Wildman–Crippen LogP) is 4.91. The van der Waals surface area contributed by atoms with Gasteiger partial charge in [-0.25, -0.2) is 4.79 Å². The lowest BCUT2D eigenvalue weighted by Crippen LogP contribution is -2.29. The summed E-state index contributed by atoms with van der Waals surface area (Å²) >= 11 is 7.27. The van der Waals surface area contributed by atoms with Gasteiger partial charge in [0.15, 0.2) is 0 Å². The van der Waals surface area contributed by atoms with Crippen LogP contribution in [0.15, 0.2) is 70.4 Å². The van der Waals surface area contributed by atoms with E-state index in [1.165, 1.54) is 18.9 Å². The molecule has 1 heterocycles. The molecule has 9 heteroatoms. The largest absolute Gasteiger partial charge is 0.460 e. The van der Waals surface area contributed by atoms with Gasteiger partial charge < -0.3 is 20.1 Å². The van der Waals surface area contributed by atoms with Crippen molar-refractivity contribution < 1.29 is 19.1 Å². The average Bonchev–Trinajstić information content (AvgIpc) is 2.84. The van der Waals surface area contributed by atoms with Gasteiger partial charge in [0, 0.05) is 23.5 Å². The third-order valence-corrected chi connectivity index (χ3v) is 6.63. The van der Waals surface area contributed by atoms with E-state index < -0.39 is 11.9 Å². The van der Waals surface area contributed by atoms with Crippen molar-refractivity contribution in [2.24, 2.45) is 0 Å². The first-order chi connectivity index (χ1) is 16.8. The molecule has 0 fully saturated rings. The van der Waals surface area contributed by atoms with Gasteiger partial charge in [0.05, 0.1) is 40.5 Å². The molecule has 0 radical (unpaired) electrons. The van der Waals surface area contributed by atoms with E-state index in [4.69, 9.17) is 21.1 Å². The Morgan fingerprint density at radius 3 is 2.51 bits per heavy atom. The fourth-order valence-electron chi connectivity index (χ4n) is 3.62. The fourth-order valence-corrected chi connectivity index (χ4v) is 4.64. The fraction of sp³-hybridized carbons (Fsp3) is 0.269. The summed E-state index contributed by atoms with van der Waals surface area (Å²) in [5.41, 5.74) is 3.61. The number of hydrogen-bond acceptors (Lipinski definition) is 7. The van der Waals surface area contributed by atoms with Gasteiger partial charge in [-0.1, -0.05) is 53.7 Å². The van der Waals surface area contributed by atoms with Gasteiger partial charge in [0.25, 0.3) is 0 Å². The van der Waals surface area contributed by atoms with Crippen molar-refractivity contribution in [2.45, 2.75) is 19.8 Å². The van der Waals surface area contributed by atoms with Crippen molar-refractivity contribution >= 4 is 40.9 Å². The minimum atomic E-state index is -0.671. The molecule has 0 saturated carbocycles. The molecule has 2 aromatic rings. The number of rotatable bonds is 9. The Bertz CT molecular complexity index is 1200. The van der Waals surface area contributed by atoms with E-state index in [1.54, 1.807) is 31.2 Å². The summed E-state index contributed by atoms with van der Waals surface area (Å²) in [5, 5.41) is 17.2. The summed E-state index contributed by atoms with van der Waals surface area (Å²) in [6.45, 7) is 4.01. The molecule has 0 saturated heterocycles. The number of aryl methyl sites for hydroxylation is 1. The van der Waals surface area contributed by atoms with Crippen LogP contribution in [0.2, 0.25) is 5.02 Å². The average molecular weight is 512 g/mol. The number of para-hydroxylation sites is 1. The van der Waals surface area contributed by atoms with Crippen molar-refractivity contribution in [3.8, 4) is 6.07 Å². The summed E-state index contributed by atoms with van der Waals surface area (Å²) < 4.78 is 10.3. The highest BCUT2D eigenvalue weighted by Gasteiger charge is 2.35. The van der Waals surface area contributed by atoms with Crippen LogP contribution in [0.3, 0.4) is 0 Å². The maximum Gasteiger partial charge on any atom is 0.336 e. The Labute approximate surface area is 214 Å². The minimum Gasteiger partial charge on any atom is -0.460 e. The number of nitrogens with one attached hydrogen (secondary N) is 2. The normalized spacial score (nSPS) is 15.3. The van der Waals surface area contributed by atoms with Crippen LogP contribution in [-0.4, -0.2) is 38.0 Å². The van der Waals surface area contributed by atoms with Crippen LogP contribution in [0.5, 0.6) is 0 Å². The van der Waals surface area contributed by atoms with Crippen molar-refractivity contribution in [1.29, 1.82) is 5.26 Å². The number of thioether (sulfide) groups is 1. The van der Waals surface area contributed by atoms with Gasteiger partial charge in [0.1, 0.15) is 6.61 Å². The van der Waals surface area contributed by atoms with Crippen molar-refractivity contribution in [3.63, 3.8) is 0 Å². The molecule has 2 N–H and O–H groups in total. The van der Waals surface area contributed by atoms with Crippen LogP contribution in [0.1, 0.15) is 24.0 Å². The van der Waals surface area contributed by atoms with Gasteiger partial charge in [-0.15, -0.1) is 0 Å². The Morgan fingerprint density at radius 1 is 1.14 bits per heavy atom. The number of ether oxygens (including phenoxy) is 2. The zero-order chi connectivity index (χ0) is 25.4. The van der Waals surface area contributed by atoms with E-state index in [1.807, 2.05) is 31.2 Å². The topological polar surface area (TPSA) is 100 Å². The molecule has 1 atom stereocenters. The van der Waals surface area contributed by atoms with Crippen LogP contribution in [-0.2, 0) is 19.1 Å². The molecule has 1 aliphatic rings. The van der Waals surface area contributed by atoms with E-state index in [0.29, 0.717) is 32.5 Å². The second-order valence-corrected chi connectivity index (χ2v) is 9.21. The van der Waals surface area contributed by atoms with Crippen LogP contribution in [0.25, 0.3) is 0 Å². The molecule has 7 nitrogen and oxygen atoms in total. The van der Waals surface area contributed by atoms with Crippen LogP contribution >= 0.6 is 23.4 Å². The van der Waals surface area contributed by atoms with Crippen molar-refractivity contribution in [3.05, 3.63) is 86.6 Å². The molecule has 1 aliphatic heterocycles. The number of methoxy groups -OCH3 is 1. The number of amides is 1. The van der Waals surface area contributed by atoms with Gasteiger partial charge in [-0.05, 0) is 43.2 Å². The molecule has 2 aromatic carbocycles. The van der Waals surface area contributed by atoms with Gasteiger partial charge in [0.2, 0.25) is 5.91 Å². The van der Waals surface area contributed by atoms with E-state index >= 15 is 0 Å². The van der Waals surface area contributed by atoms with Gasteiger partial charge in [-0.3, -0.25) is 4.79 Å². The number of carbonyl (C=O) groups is 2. The standard InChI is InChI=1S/C26H26ClN3O4S/c1-16-6-4-5-7-21(16)30-22(31)15-35-25-20(14-28)24(18-8-10-19(27)11-9-18)23(17(2)29-25)26(32)34-13-12-33-3/h4-11,24,29H,12-13,15H2,1-3H3,(H,30,31)/t24-/m1/s1. The highest BCUT2D eigenvalue weighted by Crippen LogP contribution is 2.41. The lowest BCUT2D eigenvalue weighted by molar-refractivity contribution is -0.140. The summed E-state index contributed by atoms with van der Waals surface area (Å²) in [4.78, 5) is 25.6. The summed E-state index contributed by atoms with van der Waals surface area (Å²) in [5.74, 6) is -1.34. The number of anilines is 1. The minimum absolute atomic E-state index is 0.0794. The molecule has 35 heavy (non-hydrogen) atoms. The number of halogens is 1. The number of carbonyl (C=O) groups excluding carboxylic acids is 2. The molecule has 0 unspecified atom stereocenters. The van der Waals surface area contributed by atoms with Crippen LogP contribution in [0, 0.1) is 18.3 Å². The number of nitrogens with zero attached hydrogens (tertiary/aromatic N) is 1. The zero-order valence-electron chi connectivity index (χ0n) is 19.7. The maximum atomic E-state index is 13.0. The third-order valence-electron chi connectivity index (χ3n) is 5.36. The summed E-state index contributed by atoms with van der Waals surface area (Å²) in [6.07, 6.45) is 0. The van der Waals surface area contributed by atoms with Crippen LogP contribution < -0.4 is 10.6 Å². The number of nitriles is 1. The number of hydrogen-bond donors (Lipinski definition) is 2. The SMILES string of the molecule is COCCOC(=O)C1=C(C)NC(SCC(=O)Nc2ccccc2C)=C(C#N)[C@H]1c1ccc(Cl)cc1. The van der Waals surface area contributed by atoms with Crippen molar-refractivity contribution in [2.75, 3.05) is 31.4 Å². The molecular formula is C26H26ClN3O4S. The number of benzene rings is 2. The first-order valence-corrected chi connectivity index (χ1v) is 12.2. The second-order valence-electron chi connectivity index (χ2n) is 7.78. The summed E-state index contributed by atoms with van der Waals surface area (Å²) in [7, 11) is 1.52. The highest BCUT2D eigenvalue weighted by molar-refractivity contribution is 8.03. The number of dihydropyridines is 1. The van der Waals surface area contributed by atoms with E-state index in [-0.39, 0.29) is 24.9 Å². The molecule has 3 rings (SSSR count). The number of esters is 1. The van der Waals surface area contributed by atoms with Gasteiger partial charge >= 0.3 is 5.97 Å². The molecule has 0 bridgehead atoms. The Balaban J connectivity index is 1.88. The van der Waals surface area contributed by atoms with Crippen LogP contribution in [0.4, 0.5) is 5.69 Å². The van der Waals surface area contributed by atoms with E-state index in [0.717, 1.165) is 11.3 Å². The molecule has 0 aliphatic carbocycles. The molecular weight excluding hydrogens is 486 g/mol. The Hall–Kier alpha value is -3.25. The smallest absolute Gasteiger partial charge is 0.336 e. The Kier molecular flexibility index (Phi) is 9.38. The Morgan fingerprint density at radius 2 is 1.86 bits per heavy atom. The second kappa shape index (κ2) is 12.5. The lowest BCUT2D eigenvalue weighted by Gasteiger charge is -2.29. The summed E-state index contributed by atoms with van der Waals surface area (Å²) in [6, 6.07) is 16.7. The molecule has 182 valence electrons. The van der Waals surface area contributed by atoms with Gasteiger partial charge in [-0.2, -0.15) is 5.26 Å². The monoisotopic (exact) mass is 511 g/mol. The molecule has 0 aromatic heterocycles. The lowest BCUT2D eigenvalue weighted by atomic mass is 9.82. The predicted molar refractivity (Wildman–Crippen MR) is 138 cm³/mol. The third kappa shape index (κ3) is 6.67. The van der Waals surface area contributed by atoms with E-state index in [9.17, 15) is 14.9 Å². The first-order valence-electron chi connectivity index (χ1n) is 10.9. The van der Waals surface area contributed by atoms with Crippen molar-refractivity contribution in [1.82, 2.24) is 5.32 Å². The number of allylic oxidation sites excluding steroid dienone is 2. The molecule has 0 spiro atoms. The molecule has 1 amide bonds. The first kappa shape index (κ1) is 26.4. The zero-order valence-corrected chi connectivity index (χ0v) is 21.3. The highest BCUT2D eigenvalue weighted by atomic mass is 35.5. The quantitative estimate of drug-likeness (QED) is 0.364.